The number of hydrogen-bond donors (Lipinski definition) is 2. The summed E-state index contributed by atoms with van der Waals surface area (Å²) >= 11 is 1.69. The fraction of sp³-hybridized carbons (Fsp3) is 0.286. The number of aromatic nitrogens is 3. The number of H-pyrrole nitrogens is 1. The summed E-state index contributed by atoms with van der Waals surface area (Å²) in [6.07, 6.45) is 4.63. The van der Waals surface area contributed by atoms with Crippen LogP contribution in [0, 0.1) is 6.92 Å². The van der Waals surface area contributed by atoms with Gasteiger partial charge in [-0.3, -0.25) is 5.10 Å². The standard InChI is InChI=1S/C14H16N4OS/c1-10-2-3-12(19-10)14-11(9-17-18-14)8-15-5-4-13-16-6-7-20-13/h2-3,6-7,9,15H,4-5,8H2,1H3,(H,17,18). The minimum atomic E-state index is 0.761. The van der Waals surface area contributed by atoms with Crippen LogP contribution in [0.15, 0.2) is 34.3 Å². The zero-order chi connectivity index (χ0) is 13.8. The van der Waals surface area contributed by atoms with E-state index in [2.05, 4.69) is 20.5 Å². The van der Waals surface area contributed by atoms with E-state index < -0.39 is 0 Å². The number of aryl methyl sites for hydroxylation is 1. The van der Waals surface area contributed by atoms with Crippen molar-refractivity contribution in [2.24, 2.45) is 0 Å². The van der Waals surface area contributed by atoms with Gasteiger partial charge in [-0.1, -0.05) is 0 Å². The summed E-state index contributed by atoms with van der Waals surface area (Å²) in [5.74, 6) is 1.73. The fourth-order valence-corrected chi connectivity index (χ4v) is 2.64. The summed E-state index contributed by atoms with van der Waals surface area (Å²) in [6, 6.07) is 3.91. The predicted molar refractivity (Wildman–Crippen MR) is 78.6 cm³/mol. The minimum absolute atomic E-state index is 0.761. The van der Waals surface area contributed by atoms with E-state index in [1.165, 1.54) is 0 Å². The summed E-state index contributed by atoms with van der Waals surface area (Å²) in [5, 5.41) is 13.7. The highest BCUT2D eigenvalue weighted by Gasteiger charge is 2.10. The maximum atomic E-state index is 5.63. The van der Waals surface area contributed by atoms with Gasteiger partial charge in [0.1, 0.15) is 11.5 Å². The van der Waals surface area contributed by atoms with Gasteiger partial charge in [-0.15, -0.1) is 11.3 Å². The summed E-state index contributed by atoms with van der Waals surface area (Å²) in [4.78, 5) is 4.26. The second-order valence-electron chi connectivity index (χ2n) is 4.53. The zero-order valence-corrected chi connectivity index (χ0v) is 12.0. The van der Waals surface area contributed by atoms with Crippen LogP contribution in [-0.2, 0) is 13.0 Å². The highest BCUT2D eigenvalue weighted by molar-refractivity contribution is 7.09. The molecule has 104 valence electrons. The topological polar surface area (TPSA) is 66.7 Å². The molecular weight excluding hydrogens is 272 g/mol. The fourth-order valence-electron chi connectivity index (χ4n) is 2.02. The molecular formula is C14H16N4OS. The molecule has 0 aliphatic heterocycles. The van der Waals surface area contributed by atoms with Gasteiger partial charge in [-0.05, 0) is 19.1 Å². The molecule has 2 N–H and O–H groups in total. The molecule has 20 heavy (non-hydrogen) atoms. The number of aromatic amines is 1. The lowest BCUT2D eigenvalue weighted by molar-refractivity contribution is 0.545. The summed E-state index contributed by atoms with van der Waals surface area (Å²) in [5.41, 5.74) is 2.05. The van der Waals surface area contributed by atoms with Crippen LogP contribution in [0.25, 0.3) is 11.5 Å². The van der Waals surface area contributed by atoms with Crippen molar-refractivity contribution in [3.05, 3.63) is 46.2 Å². The molecule has 0 atom stereocenters. The lowest BCUT2D eigenvalue weighted by Crippen LogP contribution is -2.16. The van der Waals surface area contributed by atoms with Crippen molar-refractivity contribution >= 4 is 11.3 Å². The first-order chi connectivity index (χ1) is 9.83. The Morgan fingerprint density at radius 1 is 1.40 bits per heavy atom. The average molecular weight is 288 g/mol. The molecule has 3 heterocycles. The van der Waals surface area contributed by atoms with Gasteiger partial charge in [0, 0.05) is 36.7 Å². The van der Waals surface area contributed by atoms with Gasteiger partial charge < -0.3 is 9.73 Å². The van der Waals surface area contributed by atoms with Crippen molar-refractivity contribution in [1.29, 1.82) is 0 Å². The van der Waals surface area contributed by atoms with Gasteiger partial charge in [0.25, 0.3) is 0 Å². The Labute approximate surface area is 121 Å². The average Bonchev–Trinajstić information content (AvgIpc) is 3.16. The van der Waals surface area contributed by atoms with Crippen molar-refractivity contribution in [1.82, 2.24) is 20.5 Å². The Balaban J connectivity index is 1.57. The Morgan fingerprint density at radius 2 is 2.35 bits per heavy atom. The van der Waals surface area contributed by atoms with E-state index in [0.29, 0.717) is 0 Å². The third-order valence-corrected chi connectivity index (χ3v) is 3.86. The van der Waals surface area contributed by atoms with Gasteiger partial charge >= 0.3 is 0 Å². The molecule has 0 aliphatic rings. The number of furan rings is 1. The van der Waals surface area contributed by atoms with Gasteiger partial charge in [0.2, 0.25) is 0 Å². The lowest BCUT2D eigenvalue weighted by atomic mass is 10.2. The number of rotatable bonds is 6. The Morgan fingerprint density at radius 3 is 3.10 bits per heavy atom. The zero-order valence-electron chi connectivity index (χ0n) is 11.2. The monoisotopic (exact) mass is 288 g/mol. The molecule has 0 aliphatic carbocycles. The molecule has 3 rings (SSSR count). The molecule has 0 bridgehead atoms. The molecule has 0 aromatic carbocycles. The van der Waals surface area contributed by atoms with Crippen LogP contribution in [-0.4, -0.2) is 21.7 Å². The highest BCUT2D eigenvalue weighted by atomic mass is 32.1. The van der Waals surface area contributed by atoms with Crippen LogP contribution in [0.3, 0.4) is 0 Å². The first-order valence-electron chi connectivity index (χ1n) is 6.51. The second-order valence-corrected chi connectivity index (χ2v) is 5.51. The van der Waals surface area contributed by atoms with E-state index >= 15 is 0 Å². The largest absolute Gasteiger partial charge is 0.460 e. The second kappa shape index (κ2) is 6.02. The first kappa shape index (κ1) is 13.1. The van der Waals surface area contributed by atoms with Crippen molar-refractivity contribution in [2.75, 3.05) is 6.54 Å². The summed E-state index contributed by atoms with van der Waals surface area (Å²) in [6.45, 7) is 3.60. The van der Waals surface area contributed by atoms with Gasteiger partial charge in [-0.2, -0.15) is 5.10 Å². The van der Waals surface area contributed by atoms with E-state index in [4.69, 9.17) is 4.42 Å². The van der Waals surface area contributed by atoms with Crippen molar-refractivity contribution < 1.29 is 4.42 Å². The van der Waals surface area contributed by atoms with Crippen LogP contribution < -0.4 is 5.32 Å². The molecule has 3 aromatic heterocycles. The molecule has 6 heteroatoms. The van der Waals surface area contributed by atoms with Gasteiger partial charge in [0.05, 0.1) is 11.2 Å². The highest BCUT2D eigenvalue weighted by Crippen LogP contribution is 2.23. The maximum absolute atomic E-state index is 5.63. The lowest BCUT2D eigenvalue weighted by Gasteiger charge is -2.03. The van der Waals surface area contributed by atoms with E-state index in [9.17, 15) is 0 Å². The maximum Gasteiger partial charge on any atom is 0.152 e. The predicted octanol–water partition coefficient (Wildman–Crippen LogP) is 2.77. The molecule has 0 saturated heterocycles. The van der Waals surface area contributed by atoms with Crippen LogP contribution in [0.1, 0.15) is 16.3 Å². The molecule has 0 fully saturated rings. The molecule has 0 amide bonds. The van der Waals surface area contributed by atoms with E-state index in [-0.39, 0.29) is 0 Å². The first-order valence-corrected chi connectivity index (χ1v) is 7.39. The quantitative estimate of drug-likeness (QED) is 0.684. The molecule has 0 saturated carbocycles. The van der Waals surface area contributed by atoms with E-state index in [1.54, 1.807) is 11.3 Å². The Hall–Kier alpha value is -1.92. The minimum Gasteiger partial charge on any atom is -0.460 e. The summed E-state index contributed by atoms with van der Waals surface area (Å²) in [7, 11) is 0. The SMILES string of the molecule is Cc1ccc(-c2[nH]ncc2CNCCc2nccs2)o1. The number of nitrogens with zero attached hydrogens (tertiary/aromatic N) is 2. The molecule has 0 radical (unpaired) electrons. The van der Waals surface area contributed by atoms with Crippen molar-refractivity contribution in [3.63, 3.8) is 0 Å². The van der Waals surface area contributed by atoms with Crippen LogP contribution in [0.2, 0.25) is 0 Å². The summed E-state index contributed by atoms with van der Waals surface area (Å²) < 4.78 is 5.63. The Bertz CT molecular complexity index is 656. The normalized spacial score (nSPS) is 11.1. The number of hydrogen-bond acceptors (Lipinski definition) is 5. The third kappa shape index (κ3) is 2.97. The third-order valence-electron chi connectivity index (χ3n) is 3.02. The molecule has 3 aromatic rings. The van der Waals surface area contributed by atoms with Crippen molar-refractivity contribution in [3.8, 4) is 11.5 Å². The van der Waals surface area contributed by atoms with Gasteiger partial charge in [0.15, 0.2) is 5.76 Å². The van der Waals surface area contributed by atoms with Crippen molar-refractivity contribution in [2.45, 2.75) is 19.9 Å². The molecule has 5 nitrogen and oxygen atoms in total. The molecule has 0 spiro atoms. The van der Waals surface area contributed by atoms with Crippen LogP contribution in [0.5, 0.6) is 0 Å². The number of nitrogens with one attached hydrogen (secondary N) is 2. The molecule has 0 unspecified atom stereocenters. The van der Waals surface area contributed by atoms with E-state index in [0.717, 1.165) is 47.3 Å². The van der Waals surface area contributed by atoms with Crippen LogP contribution >= 0.6 is 11.3 Å². The van der Waals surface area contributed by atoms with E-state index in [1.807, 2.05) is 36.8 Å². The smallest absolute Gasteiger partial charge is 0.152 e. The Kier molecular flexibility index (Phi) is 3.94. The van der Waals surface area contributed by atoms with Crippen LogP contribution in [0.4, 0.5) is 0 Å². The number of thiazole rings is 1. The van der Waals surface area contributed by atoms with Gasteiger partial charge in [-0.25, -0.2) is 4.98 Å².